The molecular weight excluding hydrogens is 370 g/mol. The van der Waals surface area contributed by atoms with Crippen molar-refractivity contribution in [1.82, 2.24) is 14.9 Å². The summed E-state index contributed by atoms with van der Waals surface area (Å²) in [5, 5.41) is 3.06. The zero-order valence-electron chi connectivity index (χ0n) is 17.6. The lowest BCUT2D eigenvalue weighted by Crippen LogP contribution is -2.25. The van der Waals surface area contributed by atoms with Crippen LogP contribution >= 0.6 is 0 Å². The number of aromatic nitrogens is 2. The van der Waals surface area contributed by atoms with Crippen molar-refractivity contribution in [2.24, 2.45) is 0 Å². The van der Waals surface area contributed by atoms with Crippen molar-refractivity contribution in [1.29, 1.82) is 0 Å². The zero-order valence-corrected chi connectivity index (χ0v) is 17.6. The van der Waals surface area contributed by atoms with Gasteiger partial charge >= 0.3 is 0 Å². The molecule has 30 heavy (non-hydrogen) atoms. The Morgan fingerprint density at radius 1 is 0.967 bits per heavy atom. The molecule has 0 saturated heterocycles. The predicted molar refractivity (Wildman–Crippen MR) is 121 cm³/mol. The molecule has 0 aliphatic heterocycles. The summed E-state index contributed by atoms with van der Waals surface area (Å²) < 4.78 is 2.22. The maximum absolute atomic E-state index is 12.4. The van der Waals surface area contributed by atoms with Gasteiger partial charge in [0.2, 0.25) is 5.91 Å². The largest absolute Gasteiger partial charge is 0.349 e. The molecule has 0 unspecified atom stereocenters. The molecule has 152 valence electrons. The van der Waals surface area contributed by atoms with Crippen LogP contribution in [0.2, 0.25) is 0 Å². The van der Waals surface area contributed by atoms with E-state index in [-0.39, 0.29) is 5.91 Å². The second-order valence-electron chi connectivity index (χ2n) is 7.80. The van der Waals surface area contributed by atoms with Gasteiger partial charge in [0.25, 0.3) is 0 Å². The molecule has 0 aliphatic rings. The average Bonchev–Trinajstić information content (AvgIpc) is 3.11. The topological polar surface area (TPSA) is 46.9 Å². The van der Waals surface area contributed by atoms with Crippen molar-refractivity contribution in [3.05, 3.63) is 101 Å². The van der Waals surface area contributed by atoms with E-state index in [4.69, 9.17) is 4.98 Å². The van der Waals surface area contributed by atoms with E-state index >= 15 is 0 Å². The summed E-state index contributed by atoms with van der Waals surface area (Å²) in [6.45, 7) is 5.41. The fraction of sp³-hybridized carbons (Fsp3) is 0.231. The van der Waals surface area contributed by atoms with Crippen LogP contribution in [0.25, 0.3) is 11.0 Å². The molecule has 1 N–H and O–H groups in total. The average molecular weight is 398 g/mol. The van der Waals surface area contributed by atoms with E-state index in [2.05, 4.69) is 60.1 Å². The molecule has 4 heteroatoms. The fourth-order valence-electron chi connectivity index (χ4n) is 3.75. The smallest absolute Gasteiger partial charge is 0.220 e. The standard InChI is InChI=1S/C26H27N3O/c1-19-12-13-20(2)22(16-19)18-29-24-11-7-6-10-23(24)28-25(29)17-27-26(30)15-14-21-8-4-3-5-9-21/h3-13,16H,14-15,17-18H2,1-2H3,(H,27,30). The van der Waals surface area contributed by atoms with E-state index in [1.54, 1.807) is 0 Å². The minimum absolute atomic E-state index is 0.0456. The van der Waals surface area contributed by atoms with Crippen LogP contribution in [-0.2, 0) is 24.3 Å². The van der Waals surface area contributed by atoms with E-state index < -0.39 is 0 Å². The van der Waals surface area contributed by atoms with Gasteiger partial charge in [-0.05, 0) is 49.1 Å². The fourth-order valence-corrected chi connectivity index (χ4v) is 3.75. The Morgan fingerprint density at radius 2 is 1.73 bits per heavy atom. The molecule has 1 amide bonds. The first-order chi connectivity index (χ1) is 14.6. The zero-order chi connectivity index (χ0) is 20.9. The molecule has 3 aromatic carbocycles. The first-order valence-corrected chi connectivity index (χ1v) is 10.4. The van der Waals surface area contributed by atoms with Gasteiger partial charge in [0.1, 0.15) is 5.82 Å². The Balaban J connectivity index is 1.51. The van der Waals surface area contributed by atoms with Gasteiger partial charge in [-0.1, -0.05) is 66.2 Å². The Kier molecular flexibility index (Phi) is 5.94. The third-order valence-corrected chi connectivity index (χ3v) is 5.49. The molecule has 0 fully saturated rings. The van der Waals surface area contributed by atoms with Crippen molar-refractivity contribution in [3.63, 3.8) is 0 Å². The Labute approximate surface area is 177 Å². The van der Waals surface area contributed by atoms with E-state index in [1.807, 2.05) is 36.4 Å². The van der Waals surface area contributed by atoms with Crippen LogP contribution in [0, 0.1) is 13.8 Å². The van der Waals surface area contributed by atoms with E-state index in [0.717, 1.165) is 29.8 Å². The van der Waals surface area contributed by atoms with Gasteiger partial charge in [0, 0.05) is 13.0 Å². The number of nitrogens with zero attached hydrogens (tertiary/aromatic N) is 2. The van der Waals surface area contributed by atoms with Crippen molar-refractivity contribution >= 4 is 16.9 Å². The number of carbonyl (C=O) groups is 1. The molecule has 1 aromatic heterocycles. The number of hydrogen-bond donors (Lipinski definition) is 1. The maximum atomic E-state index is 12.4. The third-order valence-electron chi connectivity index (χ3n) is 5.49. The molecule has 0 aliphatic carbocycles. The normalized spacial score (nSPS) is 11.0. The number of rotatable bonds is 7. The second kappa shape index (κ2) is 8.95. The van der Waals surface area contributed by atoms with E-state index in [9.17, 15) is 4.79 Å². The lowest BCUT2D eigenvalue weighted by molar-refractivity contribution is -0.121. The number of para-hydroxylation sites is 2. The number of benzene rings is 3. The number of hydrogen-bond acceptors (Lipinski definition) is 2. The summed E-state index contributed by atoms with van der Waals surface area (Å²) in [5.74, 6) is 0.925. The van der Waals surface area contributed by atoms with Gasteiger partial charge in [-0.2, -0.15) is 0 Å². The van der Waals surface area contributed by atoms with Crippen LogP contribution in [0.4, 0.5) is 0 Å². The third kappa shape index (κ3) is 4.60. The number of imidazole rings is 1. The number of aryl methyl sites for hydroxylation is 3. The molecular formula is C26H27N3O. The summed E-state index contributed by atoms with van der Waals surface area (Å²) in [6.07, 6.45) is 1.22. The summed E-state index contributed by atoms with van der Waals surface area (Å²) >= 11 is 0. The van der Waals surface area contributed by atoms with Crippen LogP contribution in [0.5, 0.6) is 0 Å². The monoisotopic (exact) mass is 397 g/mol. The van der Waals surface area contributed by atoms with E-state index in [1.165, 1.54) is 22.3 Å². The minimum Gasteiger partial charge on any atom is -0.349 e. The highest BCUT2D eigenvalue weighted by molar-refractivity contribution is 5.77. The maximum Gasteiger partial charge on any atom is 0.220 e. The van der Waals surface area contributed by atoms with E-state index in [0.29, 0.717) is 13.0 Å². The van der Waals surface area contributed by atoms with Crippen molar-refractivity contribution < 1.29 is 4.79 Å². The van der Waals surface area contributed by atoms with Gasteiger partial charge in [-0.25, -0.2) is 4.98 Å². The molecule has 1 heterocycles. The highest BCUT2D eigenvalue weighted by atomic mass is 16.1. The van der Waals surface area contributed by atoms with Gasteiger partial charge in [-0.15, -0.1) is 0 Å². The molecule has 4 rings (SSSR count). The Bertz CT molecular complexity index is 1160. The van der Waals surface area contributed by atoms with Gasteiger partial charge in [-0.3, -0.25) is 4.79 Å². The van der Waals surface area contributed by atoms with Crippen molar-refractivity contribution in [2.75, 3.05) is 0 Å². The molecule has 4 aromatic rings. The summed E-state index contributed by atoms with van der Waals surface area (Å²) in [6, 6.07) is 24.8. The van der Waals surface area contributed by atoms with Crippen molar-refractivity contribution in [3.8, 4) is 0 Å². The number of fused-ring (bicyclic) bond motifs is 1. The molecule has 0 bridgehead atoms. The first kappa shape index (κ1) is 19.9. The quantitative estimate of drug-likeness (QED) is 0.480. The Hall–Kier alpha value is -3.40. The summed E-state index contributed by atoms with van der Waals surface area (Å²) in [4.78, 5) is 17.2. The number of carbonyl (C=O) groups excluding carboxylic acids is 1. The van der Waals surface area contributed by atoms with Crippen LogP contribution < -0.4 is 5.32 Å². The number of amides is 1. The SMILES string of the molecule is Cc1ccc(C)c(Cn2c(CNC(=O)CCc3ccccc3)nc3ccccc32)c1. The molecule has 0 saturated carbocycles. The highest BCUT2D eigenvalue weighted by Gasteiger charge is 2.13. The molecule has 0 radical (unpaired) electrons. The van der Waals surface area contributed by atoms with Gasteiger partial charge < -0.3 is 9.88 Å². The predicted octanol–water partition coefficient (Wildman–Crippen LogP) is 4.95. The summed E-state index contributed by atoms with van der Waals surface area (Å²) in [5.41, 5.74) is 7.00. The number of nitrogens with one attached hydrogen (secondary N) is 1. The van der Waals surface area contributed by atoms with Crippen LogP contribution in [0.3, 0.4) is 0 Å². The van der Waals surface area contributed by atoms with Crippen molar-refractivity contribution in [2.45, 2.75) is 39.8 Å². The van der Waals surface area contributed by atoms with Gasteiger partial charge in [0.15, 0.2) is 0 Å². The lowest BCUT2D eigenvalue weighted by atomic mass is 10.1. The Morgan fingerprint density at radius 3 is 2.57 bits per heavy atom. The van der Waals surface area contributed by atoms with Gasteiger partial charge in [0.05, 0.1) is 17.6 Å². The molecule has 0 spiro atoms. The van der Waals surface area contributed by atoms with Crippen LogP contribution in [-0.4, -0.2) is 15.5 Å². The highest BCUT2D eigenvalue weighted by Crippen LogP contribution is 2.20. The first-order valence-electron chi connectivity index (χ1n) is 10.4. The van der Waals surface area contributed by atoms with Crippen LogP contribution in [0.1, 0.15) is 34.5 Å². The second-order valence-corrected chi connectivity index (χ2v) is 7.80. The lowest BCUT2D eigenvalue weighted by Gasteiger charge is -2.13. The summed E-state index contributed by atoms with van der Waals surface area (Å²) in [7, 11) is 0. The van der Waals surface area contributed by atoms with Crippen LogP contribution in [0.15, 0.2) is 72.8 Å². The molecule has 0 atom stereocenters. The molecule has 4 nitrogen and oxygen atoms in total. The minimum atomic E-state index is 0.0456.